The van der Waals surface area contributed by atoms with Gasteiger partial charge >= 0.3 is 0 Å². The van der Waals surface area contributed by atoms with Gasteiger partial charge in [0.1, 0.15) is 12.4 Å². The second kappa shape index (κ2) is 8.40. The zero-order valence-electron chi connectivity index (χ0n) is 13.8. The van der Waals surface area contributed by atoms with Crippen molar-refractivity contribution in [2.45, 2.75) is 46.2 Å². The second-order valence-electron chi connectivity index (χ2n) is 6.54. The zero-order chi connectivity index (χ0) is 15.1. The maximum atomic E-state index is 5.85. The summed E-state index contributed by atoms with van der Waals surface area (Å²) in [5, 5.41) is 3.46. The van der Waals surface area contributed by atoms with Crippen LogP contribution in [0.25, 0.3) is 0 Å². The van der Waals surface area contributed by atoms with E-state index in [4.69, 9.17) is 4.74 Å². The Morgan fingerprint density at radius 1 is 1.29 bits per heavy atom. The number of nitrogens with one attached hydrogen (secondary N) is 1. The van der Waals surface area contributed by atoms with E-state index in [0.717, 1.165) is 38.0 Å². The monoisotopic (exact) mass is 290 g/mol. The molecule has 0 aromatic heterocycles. The number of ether oxygens (including phenoxy) is 1. The molecule has 0 radical (unpaired) electrons. The Bertz CT molecular complexity index is 402. The molecule has 1 atom stereocenters. The van der Waals surface area contributed by atoms with Crippen LogP contribution in [-0.4, -0.2) is 37.2 Å². The Morgan fingerprint density at radius 3 is 2.67 bits per heavy atom. The number of rotatable bonds is 8. The average molecular weight is 290 g/mol. The SMILES string of the molecule is CC(C)CNCc1ccc(OCCN2CCCC2C)cc1. The number of benzene rings is 1. The molecule has 2 rings (SSSR count). The van der Waals surface area contributed by atoms with E-state index >= 15 is 0 Å². The molecule has 0 spiro atoms. The molecule has 0 bridgehead atoms. The fourth-order valence-electron chi connectivity index (χ4n) is 2.81. The van der Waals surface area contributed by atoms with Crippen LogP contribution < -0.4 is 10.1 Å². The highest BCUT2D eigenvalue weighted by molar-refractivity contribution is 5.27. The lowest BCUT2D eigenvalue weighted by molar-refractivity contribution is 0.204. The van der Waals surface area contributed by atoms with Crippen molar-refractivity contribution in [1.82, 2.24) is 10.2 Å². The van der Waals surface area contributed by atoms with E-state index in [1.54, 1.807) is 0 Å². The summed E-state index contributed by atoms with van der Waals surface area (Å²) in [7, 11) is 0. The normalized spacial score (nSPS) is 19.3. The van der Waals surface area contributed by atoms with Gasteiger partial charge in [-0.3, -0.25) is 4.90 Å². The van der Waals surface area contributed by atoms with E-state index in [2.05, 4.69) is 55.3 Å². The smallest absolute Gasteiger partial charge is 0.119 e. The molecular formula is C18H30N2O. The van der Waals surface area contributed by atoms with Crippen LogP contribution in [0.5, 0.6) is 5.75 Å². The van der Waals surface area contributed by atoms with Crippen molar-refractivity contribution in [2.75, 3.05) is 26.2 Å². The number of likely N-dealkylation sites (tertiary alicyclic amines) is 1. The molecule has 118 valence electrons. The van der Waals surface area contributed by atoms with E-state index in [9.17, 15) is 0 Å². The Kier molecular flexibility index (Phi) is 6.52. The van der Waals surface area contributed by atoms with Gasteiger partial charge in [-0.2, -0.15) is 0 Å². The first-order chi connectivity index (χ1) is 10.1. The summed E-state index contributed by atoms with van der Waals surface area (Å²) in [6.45, 7) is 11.8. The topological polar surface area (TPSA) is 24.5 Å². The molecule has 1 aliphatic heterocycles. The van der Waals surface area contributed by atoms with Crippen molar-refractivity contribution in [1.29, 1.82) is 0 Å². The van der Waals surface area contributed by atoms with Gasteiger partial charge in [0, 0.05) is 19.1 Å². The first-order valence-electron chi connectivity index (χ1n) is 8.31. The van der Waals surface area contributed by atoms with Crippen molar-refractivity contribution < 1.29 is 4.74 Å². The second-order valence-corrected chi connectivity index (χ2v) is 6.54. The van der Waals surface area contributed by atoms with Gasteiger partial charge in [-0.25, -0.2) is 0 Å². The minimum Gasteiger partial charge on any atom is -0.492 e. The highest BCUT2D eigenvalue weighted by atomic mass is 16.5. The summed E-state index contributed by atoms with van der Waals surface area (Å²) in [6.07, 6.45) is 2.66. The fourth-order valence-corrected chi connectivity index (χ4v) is 2.81. The van der Waals surface area contributed by atoms with Crippen LogP contribution in [-0.2, 0) is 6.54 Å². The van der Waals surface area contributed by atoms with Gasteiger partial charge in [0.05, 0.1) is 0 Å². The van der Waals surface area contributed by atoms with Crippen molar-refractivity contribution in [3.8, 4) is 5.75 Å². The number of hydrogen-bond donors (Lipinski definition) is 1. The Labute approximate surface area is 129 Å². The maximum absolute atomic E-state index is 5.85. The molecule has 0 aliphatic carbocycles. The van der Waals surface area contributed by atoms with Crippen LogP contribution in [0.15, 0.2) is 24.3 Å². The molecular weight excluding hydrogens is 260 g/mol. The van der Waals surface area contributed by atoms with Crippen LogP contribution in [0, 0.1) is 5.92 Å². The third kappa shape index (κ3) is 5.68. The summed E-state index contributed by atoms with van der Waals surface area (Å²) >= 11 is 0. The fraction of sp³-hybridized carbons (Fsp3) is 0.667. The number of nitrogens with zero attached hydrogens (tertiary/aromatic N) is 1. The molecule has 0 saturated carbocycles. The van der Waals surface area contributed by atoms with Gasteiger partial charge in [0.25, 0.3) is 0 Å². The number of hydrogen-bond acceptors (Lipinski definition) is 3. The third-order valence-corrected chi connectivity index (χ3v) is 4.14. The van der Waals surface area contributed by atoms with E-state index in [0.29, 0.717) is 5.92 Å². The molecule has 21 heavy (non-hydrogen) atoms. The standard InChI is InChI=1S/C18H30N2O/c1-15(2)13-19-14-17-6-8-18(9-7-17)21-12-11-20-10-4-5-16(20)3/h6-9,15-16,19H,4-5,10-14H2,1-3H3. The van der Waals surface area contributed by atoms with E-state index in [-0.39, 0.29) is 0 Å². The van der Waals surface area contributed by atoms with Gasteiger partial charge in [-0.15, -0.1) is 0 Å². The molecule has 1 saturated heterocycles. The van der Waals surface area contributed by atoms with Crippen molar-refractivity contribution in [3.05, 3.63) is 29.8 Å². The van der Waals surface area contributed by atoms with Crippen LogP contribution in [0.1, 0.15) is 39.2 Å². The first kappa shape index (κ1) is 16.3. The first-order valence-corrected chi connectivity index (χ1v) is 8.31. The average Bonchev–Trinajstić information content (AvgIpc) is 2.86. The van der Waals surface area contributed by atoms with Gasteiger partial charge in [-0.1, -0.05) is 26.0 Å². The third-order valence-electron chi connectivity index (χ3n) is 4.14. The predicted octanol–water partition coefficient (Wildman–Crippen LogP) is 3.30. The van der Waals surface area contributed by atoms with E-state index in [1.165, 1.54) is 24.9 Å². The Balaban J connectivity index is 1.67. The summed E-state index contributed by atoms with van der Waals surface area (Å²) in [6, 6.07) is 9.20. The van der Waals surface area contributed by atoms with Gasteiger partial charge in [0.2, 0.25) is 0 Å². The van der Waals surface area contributed by atoms with Crippen LogP contribution in [0.2, 0.25) is 0 Å². The molecule has 3 heteroatoms. The van der Waals surface area contributed by atoms with E-state index in [1.807, 2.05) is 0 Å². The van der Waals surface area contributed by atoms with Crippen LogP contribution in [0.4, 0.5) is 0 Å². The maximum Gasteiger partial charge on any atom is 0.119 e. The molecule has 3 nitrogen and oxygen atoms in total. The van der Waals surface area contributed by atoms with Crippen LogP contribution >= 0.6 is 0 Å². The lowest BCUT2D eigenvalue weighted by atomic mass is 10.2. The van der Waals surface area contributed by atoms with Gasteiger partial charge < -0.3 is 10.1 Å². The Hall–Kier alpha value is -1.06. The molecule has 0 amide bonds. The Morgan fingerprint density at radius 2 is 2.05 bits per heavy atom. The molecule has 1 aromatic carbocycles. The van der Waals surface area contributed by atoms with Crippen molar-refractivity contribution in [2.24, 2.45) is 5.92 Å². The molecule has 1 aliphatic rings. The quantitative estimate of drug-likeness (QED) is 0.795. The molecule has 1 unspecified atom stereocenters. The van der Waals surface area contributed by atoms with Crippen molar-refractivity contribution >= 4 is 0 Å². The zero-order valence-corrected chi connectivity index (χ0v) is 13.8. The lowest BCUT2D eigenvalue weighted by Crippen LogP contribution is -2.31. The summed E-state index contributed by atoms with van der Waals surface area (Å²) < 4.78 is 5.85. The van der Waals surface area contributed by atoms with E-state index < -0.39 is 0 Å². The molecule has 1 aromatic rings. The van der Waals surface area contributed by atoms with Gasteiger partial charge in [-0.05, 0) is 56.5 Å². The van der Waals surface area contributed by atoms with Gasteiger partial charge in [0.15, 0.2) is 0 Å². The van der Waals surface area contributed by atoms with Crippen molar-refractivity contribution in [3.63, 3.8) is 0 Å². The molecule has 1 N–H and O–H groups in total. The lowest BCUT2D eigenvalue weighted by Gasteiger charge is -2.20. The highest BCUT2D eigenvalue weighted by Crippen LogP contribution is 2.16. The minimum absolute atomic E-state index is 0.695. The predicted molar refractivity (Wildman–Crippen MR) is 88.8 cm³/mol. The summed E-state index contributed by atoms with van der Waals surface area (Å²) in [5.41, 5.74) is 1.32. The van der Waals surface area contributed by atoms with Crippen LogP contribution in [0.3, 0.4) is 0 Å². The largest absolute Gasteiger partial charge is 0.492 e. The molecule has 1 fully saturated rings. The summed E-state index contributed by atoms with van der Waals surface area (Å²) in [5.74, 6) is 1.68. The highest BCUT2D eigenvalue weighted by Gasteiger charge is 2.19. The molecule has 1 heterocycles. The minimum atomic E-state index is 0.695. The summed E-state index contributed by atoms with van der Waals surface area (Å²) in [4.78, 5) is 2.52.